The second-order valence-electron chi connectivity index (χ2n) is 6.34. The van der Waals surface area contributed by atoms with Crippen molar-refractivity contribution < 1.29 is 19.1 Å². The highest BCUT2D eigenvalue weighted by Crippen LogP contribution is 2.24. The molecule has 0 heterocycles. The number of nitrogens with one attached hydrogen (secondary N) is 1. The topological polar surface area (TPSA) is 72.5 Å². The Bertz CT molecular complexity index is 1040. The fourth-order valence-corrected chi connectivity index (χ4v) is 3.08. The number of benzene rings is 3. The maximum Gasteiger partial charge on any atom is 0.326 e. The number of hydrogen-bond donors (Lipinski definition) is 1. The van der Waals surface area contributed by atoms with Gasteiger partial charge in [0.15, 0.2) is 6.10 Å². The van der Waals surface area contributed by atoms with Gasteiger partial charge in [-0.15, -0.1) is 0 Å². The predicted molar refractivity (Wildman–Crippen MR) is 118 cm³/mol. The number of halogens is 2. The fourth-order valence-electron chi connectivity index (χ4n) is 2.69. The van der Waals surface area contributed by atoms with Gasteiger partial charge in [-0.05, 0) is 36.4 Å². The van der Waals surface area contributed by atoms with Gasteiger partial charge in [-0.25, -0.2) is 0 Å². The highest BCUT2D eigenvalue weighted by atomic mass is 79.9. The van der Waals surface area contributed by atoms with Gasteiger partial charge in [0.1, 0.15) is 6.54 Å². The Morgan fingerprint density at radius 3 is 2.13 bits per heavy atom. The van der Waals surface area contributed by atoms with Crippen LogP contribution in [0.5, 0.6) is 0 Å². The van der Waals surface area contributed by atoms with Crippen LogP contribution in [-0.4, -0.2) is 24.2 Å². The first-order chi connectivity index (χ1) is 14.4. The average Bonchev–Trinajstić information content (AvgIpc) is 2.77. The zero-order valence-corrected chi connectivity index (χ0v) is 18.0. The van der Waals surface area contributed by atoms with Crippen LogP contribution >= 0.6 is 27.5 Å². The van der Waals surface area contributed by atoms with Crippen LogP contribution in [0.4, 0.5) is 0 Å². The van der Waals surface area contributed by atoms with E-state index >= 15 is 0 Å². The largest absolute Gasteiger partial charge is 0.448 e. The molecule has 0 unspecified atom stereocenters. The van der Waals surface area contributed by atoms with Crippen LogP contribution in [0.25, 0.3) is 0 Å². The molecule has 0 aliphatic heterocycles. The first-order valence-electron chi connectivity index (χ1n) is 9.02. The molecule has 0 radical (unpaired) electrons. The Morgan fingerprint density at radius 1 is 0.867 bits per heavy atom. The summed E-state index contributed by atoms with van der Waals surface area (Å²) in [5, 5.41) is 3.00. The molecule has 1 N–H and O–H groups in total. The molecular formula is C23H17BrClNO4. The van der Waals surface area contributed by atoms with Crippen molar-refractivity contribution in [2.24, 2.45) is 0 Å². The van der Waals surface area contributed by atoms with Crippen molar-refractivity contribution in [3.63, 3.8) is 0 Å². The third-order valence-electron chi connectivity index (χ3n) is 4.22. The lowest BCUT2D eigenvalue weighted by Crippen LogP contribution is -2.32. The molecule has 0 spiro atoms. The van der Waals surface area contributed by atoms with Crippen LogP contribution in [0.2, 0.25) is 5.02 Å². The van der Waals surface area contributed by atoms with E-state index in [-0.39, 0.29) is 12.3 Å². The lowest BCUT2D eigenvalue weighted by molar-refractivity contribution is -0.146. The first-order valence-corrected chi connectivity index (χ1v) is 10.2. The number of hydrogen-bond acceptors (Lipinski definition) is 4. The Labute approximate surface area is 187 Å². The lowest BCUT2D eigenvalue weighted by atomic mass is 10.00. The molecule has 0 aliphatic carbocycles. The van der Waals surface area contributed by atoms with Gasteiger partial charge in [0.05, 0.1) is 0 Å². The molecule has 5 nitrogen and oxygen atoms in total. The van der Waals surface area contributed by atoms with E-state index in [0.717, 1.165) is 4.47 Å². The minimum absolute atomic E-state index is 0.370. The van der Waals surface area contributed by atoms with Gasteiger partial charge in [0.2, 0.25) is 5.78 Å². The van der Waals surface area contributed by atoms with Crippen molar-refractivity contribution in [2.45, 2.75) is 6.10 Å². The Balaban J connectivity index is 1.71. The summed E-state index contributed by atoms with van der Waals surface area (Å²) in [4.78, 5) is 37.5. The molecule has 7 heteroatoms. The monoisotopic (exact) mass is 485 g/mol. The van der Waals surface area contributed by atoms with Crippen molar-refractivity contribution in [2.75, 3.05) is 6.54 Å². The normalized spacial score (nSPS) is 11.4. The minimum Gasteiger partial charge on any atom is -0.448 e. The molecule has 3 rings (SSSR count). The highest BCUT2D eigenvalue weighted by molar-refractivity contribution is 9.10. The van der Waals surface area contributed by atoms with E-state index in [1.165, 1.54) is 0 Å². The molecule has 0 bridgehead atoms. The molecule has 0 saturated carbocycles. The molecule has 1 atom stereocenters. The lowest BCUT2D eigenvalue weighted by Gasteiger charge is -2.18. The minimum atomic E-state index is -1.15. The molecule has 0 aliphatic rings. The molecule has 0 fully saturated rings. The predicted octanol–water partition coefficient (Wildman–Crippen LogP) is 5.00. The summed E-state index contributed by atoms with van der Waals surface area (Å²) in [6, 6.07) is 21.7. The summed E-state index contributed by atoms with van der Waals surface area (Å²) >= 11 is 9.23. The fraction of sp³-hybridized carbons (Fsp3) is 0.0870. The number of Topliss-reactive ketones (excluding diaryl/α,β-unsaturated/α-hetero) is 1. The van der Waals surface area contributed by atoms with Crippen molar-refractivity contribution in [1.82, 2.24) is 5.32 Å². The smallest absolute Gasteiger partial charge is 0.326 e. The molecule has 1 amide bonds. The first kappa shape index (κ1) is 21.7. The van der Waals surface area contributed by atoms with E-state index in [0.29, 0.717) is 21.7 Å². The standard InChI is InChI=1S/C23H17BrClNO4/c24-18-10-6-17(7-11-18)23(29)26-14-20(27)30-22(16-8-12-19(25)13-9-16)21(28)15-4-2-1-3-5-15/h1-13,22H,14H2,(H,26,29)/t22-/m0/s1. The van der Waals surface area contributed by atoms with Gasteiger partial charge < -0.3 is 10.1 Å². The van der Waals surface area contributed by atoms with Crippen molar-refractivity contribution in [3.05, 3.63) is 105 Å². The number of carbonyl (C=O) groups is 3. The number of esters is 1. The maximum absolute atomic E-state index is 13.0. The van der Waals surface area contributed by atoms with Crippen molar-refractivity contribution in [3.8, 4) is 0 Å². The summed E-state index contributed by atoms with van der Waals surface area (Å²) in [7, 11) is 0. The number of carbonyl (C=O) groups excluding carboxylic acids is 3. The van der Waals surface area contributed by atoms with E-state index in [1.54, 1.807) is 78.9 Å². The van der Waals surface area contributed by atoms with E-state index in [4.69, 9.17) is 16.3 Å². The van der Waals surface area contributed by atoms with Gasteiger partial charge in [-0.1, -0.05) is 70.0 Å². The van der Waals surface area contributed by atoms with Crippen LogP contribution in [0, 0.1) is 0 Å². The van der Waals surface area contributed by atoms with E-state index in [2.05, 4.69) is 21.2 Å². The van der Waals surface area contributed by atoms with E-state index in [9.17, 15) is 14.4 Å². The molecular weight excluding hydrogens is 470 g/mol. The van der Waals surface area contributed by atoms with Gasteiger partial charge in [-0.3, -0.25) is 14.4 Å². The summed E-state index contributed by atoms with van der Waals surface area (Å²) in [6.07, 6.45) is -1.15. The summed E-state index contributed by atoms with van der Waals surface area (Å²) in [5.41, 5.74) is 1.30. The van der Waals surface area contributed by atoms with Crippen molar-refractivity contribution in [1.29, 1.82) is 0 Å². The van der Waals surface area contributed by atoms with Gasteiger partial charge in [0, 0.05) is 26.2 Å². The number of ketones is 1. The third-order valence-corrected chi connectivity index (χ3v) is 5.00. The summed E-state index contributed by atoms with van der Waals surface area (Å²) < 4.78 is 6.28. The summed E-state index contributed by atoms with van der Waals surface area (Å²) in [6.45, 7) is -0.374. The van der Waals surface area contributed by atoms with Gasteiger partial charge in [-0.2, -0.15) is 0 Å². The van der Waals surface area contributed by atoms with Crippen LogP contribution in [0.15, 0.2) is 83.3 Å². The molecule has 3 aromatic carbocycles. The Hall–Kier alpha value is -2.96. The maximum atomic E-state index is 13.0. The quantitative estimate of drug-likeness (QED) is 0.377. The van der Waals surface area contributed by atoms with Gasteiger partial charge in [0.25, 0.3) is 5.91 Å². The molecule has 30 heavy (non-hydrogen) atoms. The van der Waals surface area contributed by atoms with Crippen LogP contribution in [0.3, 0.4) is 0 Å². The number of rotatable bonds is 7. The second-order valence-corrected chi connectivity index (χ2v) is 7.69. The zero-order chi connectivity index (χ0) is 21.5. The van der Waals surface area contributed by atoms with E-state index < -0.39 is 18.0 Å². The van der Waals surface area contributed by atoms with Crippen LogP contribution in [0.1, 0.15) is 32.4 Å². The van der Waals surface area contributed by atoms with Gasteiger partial charge >= 0.3 is 5.97 Å². The second kappa shape index (κ2) is 10.2. The number of ether oxygens (including phenoxy) is 1. The van der Waals surface area contributed by atoms with Crippen LogP contribution in [-0.2, 0) is 9.53 Å². The highest BCUT2D eigenvalue weighted by Gasteiger charge is 2.26. The SMILES string of the molecule is O=C(CNC(=O)c1ccc(Br)cc1)O[C@H](C(=O)c1ccccc1)c1ccc(Cl)cc1. The Kier molecular flexibility index (Phi) is 7.38. The number of amides is 1. The Morgan fingerprint density at radius 2 is 1.50 bits per heavy atom. The molecule has 0 aromatic heterocycles. The third kappa shape index (κ3) is 5.78. The van der Waals surface area contributed by atoms with Crippen LogP contribution < -0.4 is 5.32 Å². The summed E-state index contributed by atoms with van der Waals surface area (Å²) in [5.74, 6) is -1.52. The molecule has 3 aromatic rings. The molecule has 0 saturated heterocycles. The van der Waals surface area contributed by atoms with E-state index in [1.807, 2.05) is 0 Å². The molecule has 152 valence electrons. The average molecular weight is 487 g/mol. The zero-order valence-electron chi connectivity index (χ0n) is 15.7. The van der Waals surface area contributed by atoms with Crippen molar-refractivity contribution >= 4 is 45.2 Å².